The maximum atomic E-state index is 11.8. The average Bonchev–Trinajstić information content (AvgIpc) is 3.00. The van der Waals surface area contributed by atoms with Crippen LogP contribution in [0.3, 0.4) is 0 Å². The highest BCUT2D eigenvalue weighted by atomic mass is 32.2. The van der Waals surface area contributed by atoms with Crippen LogP contribution >= 0.6 is 0 Å². The Hall–Kier alpha value is -2.67. The molecule has 1 N–H and O–H groups in total. The van der Waals surface area contributed by atoms with Gasteiger partial charge < -0.3 is 4.74 Å². The van der Waals surface area contributed by atoms with E-state index in [1.165, 1.54) is 0 Å². The second kappa shape index (κ2) is 8.81. The minimum Gasteiger partial charge on any atom is -0.489 e. The molecule has 0 spiro atoms. The van der Waals surface area contributed by atoms with Crippen LogP contribution in [0.25, 0.3) is 0 Å². The molecule has 1 amide bonds. The second-order valence-electron chi connectivity index (χ2n) is 6.61. The van der Waals surface area contributed by atoms with Crippen molar-refractivity contribution >= 4 is 22.0 Å². The Kier molecular flexibility index (Phi) is 6.24. The third-order valence-electron chi connectivity index (χ3n) is 4.33. The molecule has 1 aliphatic heterocycles. The molecule has 1 fully saturated rings. The Morgan fingerprint density at radius 2 is 1.89 bits per heavy atom. The number of carbonyl (C=O) groups is 1. The Bertz CT molecular complexity index is 893. The molecule has 0 aliphatic carbocycles. The number of hydrogen-bond acceptors (Lipinski definition) is 5. The van der Waals surface area contributed by atoms with Crippen molar-refractivity contribution in [3.05, 3.63) is 65.7 Å². The van der Waals surface area contributed by atoms with E-state index in [1.54, 1.807) is 6.21 Å². The van der Waals surface area contributed by atoms with Crippen LogP contribution in [-0.4, -0.2) is 32.0 Å². The molecule has 0 aromatic heterocycles. The summed E-state index contributed by atoms with van der Waals surface area (Å²) in [6.45, 7) is 0.501. The smallest absolute Gasteiger partial charge is 0.240 e. The summed E-state index contributed by atoms with van der Waals surface area (Å²) in [6.07, 6.45) is 2.27. The van der Waals surface area contributed by atoms with Crippen molar-refractivity contribution in [2.75, 3.05) is 11.5 Å². The van der Waals surface area contributed by atoms with Crippen molar-refractivity contribution in [1.82, 2.24) is 5.43 Å². The largest absolute Gasteiger partial charge is 0.489 e. The molecular formula is C20H22N2O4S. The van der Waals surface area contributed by atoms with Crippen molar-refractivity contribution in [2.45, 2.75) is 19.4 Å². The molecule has 2 aromatic carbocycles. The summed E-state index contributed by atoms with van der Waals surface area (Å²) in [5, 5.41) is 3.93. The number of hydrazone groups is 1. The van der Waals surface area contributed by atoms with Crippen LogP contribution in [0.15, 0.2) is 59.7 Å². The summed E-state index contributed by atoms with van der Waals surface area (Å²) in [4.78, 5) is 11.8. The molecular weight excluding hydrogens is 364 g/mol. The zero-order chi connectivity index (χ0) is 19.1. The van der Waals surface area contributed by atoms with Gasteiger partial charge in [0.15, 0.2) is 9.84 Å². The lowest BCUT2D eigenvalue weighted by molar-refractivity contribution is -0.121. The first-order chi connectivity index (χ1) is 13.0. The summed E-state index contributed by atoms with van der Waals surface area (Å²) in [6, 6.07) is 17.3. The number of nitrogens with one attached hydrogen (secondary N) is 1. The highest BCUT2D eigenvalue weighted by molar-refractivity contribution is 7.91. The normalized spacial score (nSPS) is 18.4. The van der Waals surface area contributed by atoms with E-state index in [1.807, 2.05) is 54.6 Å². The first-order valence-corrected chi connectivity index (χ1v) is 10.6. The van der Waals surface area contributed by atoms with Gasteiger partial charge in [0.05, 0.1) is 17.7 Å². The van der Waals surface area contributed by atoms with Gasteiger partial charge in [-0.15, -0.1) is 0 Å². The van der Waals surface area contributed by atoms with E-state index in [0.717, 1.165) is 16.9 Å². The summed E-state index contributed by atoms with van der Waals surface area (Å²) in [5.41, 5.74) is 4.37. The number of hydrogen-bond donors (Lipinski definition) is 1. The van der Waals surface area contributed by atoms with Gasteiger partial charge in [0.2, 0.25) is 5.91 Å². The van der Waals surface area contributed by atoms with Gasteiger partial charge in [-0.3, -0.25) is 4.79 Å². The predicted molar refractivity (Wildman–Crippen MR) is 104 cm³/mol. The van der Waals surface area contributed by atoms with E-state index < -0.39 is 9.84 Å². The van der Waals surface area contributed by atoms with Gasteiger partial charge in [-0.05, 0) is 47.7 Å². The second-order valence-corrected chi connectivity index (χ2v) is 8.84. The molecule has 1 saturated heterocycles. The van der Waals surface area contributed by atoms with Gasteiger partial charge in [0.1, 0.15) is 12.4 Å². The Labute approximate surface area is 159 Å². The molecule has 7 heteroatoms. The lowest BCUT2D eigenvalue weighted by Gasteiger charge is -2.06. The Morgan fingerprint density at radius 3 is 2.56 bits per heavy atom. The fraction of sp³-hybridized carbons (Fsp3) is 0.300. The highest BCUT2D eigenvalue weighted by Crippen LogP contribution is 2.21. The van der Waals surface area contributed by atoms with Gasteiger partial charge in [-0.1, -0.05) is 30.3 Å². The third-order valence-corrected chi connectivity index (χ3v) is 6.17. The van der Waals surface area contributed by atoms with Crippen molar-refractivity contribution in [1.29, 1.82) is 0 Å². The number of ether oxygens (including phenoxy) is 1. The number of carbonyl (C=O) groups excluding carboxylic acids is 1. The lowest BCUT2D eigenvalue weighted by atomic mass is 10.1. The summed E-state index contributed by atoms with van der Waals surface area (Å²) in [5.74, 6) is 0.645. The first-order valence-electron chi connectivity index (χ1n) is 8.79. The molecule has 142 valence electrons. The van der Waals surface area contributed by atoms with Crippen LogP contribution in [0, 0.1) is 5.92 Å². The molecule has 1 heterocycles. The van der Waals surface area contributed by atoms with E-state index in [4.69, 9.17) is 4.74 Å². The maximum absolute atomic E-state index is 11.8. The average molecular weight is 386 g/mol. The van der Waals surface area contributed by atoms with Gasteiger partial charge >= 0.3 is 0 Å². The lowest BCUT2D eigenvalue weighted by Crippen LogP contribution is -2.21. The zero-order valence-electron chi connectivity index (χ0n) is 14.9. The van der Waals surface area contributed by atoms with Crippen LogP contribution in [0.4, 0.5) is 0 Å². The van der Waals surface area contributed by atoms with E-state index in [9.17, 15) is 13.2 Å². The molecule has 1 atom stereocenters. The van der Waals surface area contributed by atoms with Crippen molar-refractivity contribution in [3.8, 4) is 5.75 Å². The molecule has 3 rings (SSSR count). The minimum absolute atomic E-state index is 0.0918. The van der Waals surface area contributed by atoms with Crippen molar-refractivity contribution in [2.24, 2.45) is 11.0 Å². The molecule has 0 saturated carbocycles. The summed E-state index contributed by atoms with van der Waals surface area (Å²) >= 11 is 0. The molecule has 0 bridgehead atoms. The third kappa shape index (κ3) is 6.21. The van der Waals surface area contributed by atoms with Crippen molar-refractivity contribution < 1.29 is 17.9 Å². The quantitative estimate of drug-likeness (QED) is 0.585. The number of nitrogens with zero attached hydrogens (tertiary/aromatic N) is 1. The number of amides is 1. The summed E-state index contributed by atoms with van der Waals surface area (Å²) in [7, 11) is -2.96. The standard InChI is InChI=1S/C20H22N2O4S/c23-20(12-18-10-11-27(24,25)15-18)22-21-13-16-6-8-19(9-7-16)26-14-17-4-2-1-3-5-17/h1-9,13,18H,10-12,14-15H2,(H,22,23)/b21-13-/t18-/m0/s1. The van der Waals surface area contributed by atoms with Gasteiger partial charge in [0.25, 0.3) is 0 Å². The van der Waals surface area contributed by atoms with E-state index in [-0.39, 0.29) is 29.8 Å². The monoisotopic (exact) mass is 386 g/mol. The Balaban J connectivity index is 1.43. The van der Waals surface area contributed by atoms with Crippen LogP contribution in [0.5, 0.6) is 5.75 Å². The van der Waals surface area contributed by atoms with Crippen LogP contribution in [-0.2, 0) is 21.2 Å². The topological polar surface area (TPSA) is 84.8 Å². The fourth-order valence-corrected chi connectivity index (χ4v) is 4.77. The molecule has 0 radical (unpaired) electrons. The number of benzene rings is 2. The van der Waals surface area contributed by atoms with Gasteiger partial charge in [-0.2, -0.15) is 5.10 Å². The van der Waals surface area contributed by atoms with E-state index in [2.05, 4.69) is 10.5 Å². The zero-order valence-corrected chi connectivity index (χ0v) is 15.7. The molecule has 1 aliphatic rings. The maximum Gasteiger partial charge on any atom is 0.240 e. The summed E-state index contributed by atoms with van der Waals surface area (Å²) < 4.78 is 28.5. The number of sulfone groups is 1. The Morgan fingerprint density at radius 1 is 1.15 bits per heavy atom. The predicted octanol–water partition coefficient (Wildman–Crippen LogP) is 2.54. The van der Waals surface area contributed by atoms with E-state index in [0.29, 0.717) is 13.0 Å². The minimum atomic E-state index is -2.96. The van der Waals surface area contributed by atoms with Crippen LogP contribution < -0.4 is 10.2 Å². The fourth-order valence-electron chi connectivity index (χ4n) is 2.91. The number of rotatable bonds is 7. The SMILES string of the molecule is O=C(C[C@@H]1CCS(=O)(=O)C1)N/N=C\c1ccc(OCc2ccccc2)cc1. The van der Waals surface area contributed by atoms with E-state index >= 15 is 0 Å². The molecule has 6 nitrogen and oxygen atoms in total. The van der Waals surface area contributed by atoms with Crippen LogP contribution in [0.2, 0.25) is 0 Å². The van der Waals surface area contributed by atoms with Crippen molar-refractivity contribution in [3.63, 3.8) is 0 Å². The molecule has 2 aromatic rings. The molecule has 27 heavy (non-hydrogen) atoms. The highest BCUT2D eigenvalue weighted by Gasteiger charge is 2.29. The molecule has 0 unspecified atom stereocenters. The first kappa shape index (κ1) is 19.1. The van der Waals surface area contributed by atoms with Gasteiger partial charge in [-0.25, -0.2) is 13.8 Å². The van der Waals surface area contributed by atoms with Crippen LogP contribution in [0.1, 0.15) is 24.0 Å². The van der Waals surface area contributed by atoms with Gasteiger partial charge in [0, 0.05) is 6.42 Å².